The predicted molar refractivity (Wildman–Crippen MR) is 147 cm³/mol. The van der Waals surface area contributed by atoms with Crippen molar-refractivity contribution in [2.75, 3.05) is 81.4 Å². The van der Waals surface area contributed by atoms with Gasteiger partial charge in [0, 0.05) is 37.8 Å². The van der Waals surface area contributed by atoms with Gasteiger partial charge in [-0.05, 0) is 25.0 Å². The first kappa shape index (κ1) is 28.0. The summed E-state index contributed by atoms with van der Waals surface area (Å²) in [7, 11) is 0. The monoisotopic (exact) mass is 527 g/mol. The van der Waals surface area contributed by atoms with Crippen molar-refractivity contribution in [3.05, 3.63) is 35.9 Å². The number of hydrogen-bond acceptors (Lipinski definition) is 10. The number of carbonyl (C=O) groups is 1. The van der Waals surface area contributed by atoms with Crippen LogP contribution in [0, 0.1) is 0 Å². The molecular formula is C27H41N7O4. The van der Waals surface area contributed by atoms with Gasteiger partial charge in [0.2, 0.25) is 17.8 Å². The summed E-state index contributed by atoms with van der Waals surface area (Å²) in [6.07, 6.45) is 7.39. The van der Waals surface area contributed by atoms with Crippen LogP contribution < -0.4 is 20.9 Å². The highest BCUT2D eigenvalue weighted by Crippen LogP contribution is 2.21. The van der Waals surface area contributed by atoms with E-state index in [-0.39, 0.29) is 5.91 Å². The van der Waals surface area contributed by atoms with Crippen LogP contribution in [0.2, 0.25) is 0 Å². The number of aromatic nitrogens is 3. The lowest BCUT2D eigenvalue weighted by molar-refractivity contribution is 0.0519. The van der Waals surface area contributed by atoms with E-state index >= 15 is 0 Å². The van der Waals surface area contributed by atoms with E-state index in [4.69, 9.17) is 19.2 Å². The second-order valence-electron chi connectivity index (χ2n) is 9.49. The SMILES string of the molecule is O=C(NCCOCCOCCNc1nc(NC2CCCCCC2)nc(N2CCOCC2)n1)c1ccccc1. The number of hydrogen-bond donors (Lipinski definition) is 3. The maximum Gasteiger partial charge on any atom is 0.251 e. The fraction of sp³-hybridized carbons (Fsp3) is 0.630. The third kappa shape index (κ3) is 9.70. The highest BCUT2D eigenvalue weighted by Gasteiger charge is 2.19. The van der Waals surface area contributed by atoms with Crippen molar-refractivity contribution in [3.63, 3.8) is 0 Å². The molecule has 2 heterocycles. The minimum atomic E-state index is -0.0979. The van der Waals surface area contributed by atoms with E-state index in [0.29, 0.717) is 82.2 Å². The van der Waals surface area contributed by atoms with Crippen LogP contribution in [0.1, 0.15) is 48.9 Å². The number of morpholine rings is 1. The van der Waals surface area contributed by atoms with E-state index in [1.165, 1.54) is 25.7 Å². The predicted octanol–water partition coefficient (Wildman–Crippen LogP) is 2.72. The molecule has 2 aromatic rings. The number of rotatable bonds is 14. The highest BCUT2D eigenvalue weighted by molar-refractivity contribution is 5.94. The maximum absolute atomic E-state index is 12.0. The van der Waals surface area contributed by atoms with Crippen LogP contribution in [0.5, 0.6) is 0 Å². The summed E-state index contributed by atoms with van der Waals surface area (Å²) in [5.74, 6) is 1.76. The first-order valence-electron chi connectivity index (χ1n) is 13.9. The van der Waals surface area contributed by atoms with Crippen molar-refractivity contribution < 1.29 is 19.0 Å². The van der Waals surface area contributed by atoms with Gasteiger partial charge in [-0.1, -0.05) is 43.9 Å². The van der Waals surface area contributed by atoms with Crippen LogP contribution in [-0.4, -0.2) is 92.7 Å². The van der Waals surface area contributed by atoms with Gasteiger partial charge in [0.15, 0.2) is 0 Å². The number of nitrogens with zero attached hydrogens (tertiary/aromatic N) is 4. The van der Waals surface area contributed by atoms with Crippen molar-refractivity contribution in [1.29, 1.82) is 0 Å². The third-order valence-electron chi connectivity index (χ3n) is 6.58. The van der Waals surface area contributed by atoms with Gasteiger partial charge in [0.05, 0.1) is 39.6 Å². The van der Waals surface area contributed by atoms with Gasteiger partial charge in [0.1, 0.15) is 0 Å². The number of nitrogens with one attached hydrogen (secondary N) is 3. The molecule has 1 saturated heterocycles. The largest absolute Gasteiger partial charge is 0.378 e. The van der Waals surface area contributed by atoms with Gasteiger partial charge in [0.25, 0.3) is 5.91 Å². The normalized spacial score (nSPS) is 16.6. The van der Waals surface area contributed by atoms with E-state index in [9.17, 15) is 4.79 Å². The molecule has 0 spiro atoms. The lowest BCUT2D eigenvalue weighted by atomic mass is 10.1. The second-order valence-corrected chi connectivity index (χ2v) is 9.49. The van der Waals surface area contributed by atoms with E-state index in [1.54, 1.807) is 12.1 Å². The maximum atomic E-state index is 12.0. The molecule has 1 amide bonds. The van der Waals surface area contributed by atoms with Crippen LogP contribution in [0.25, 0.3) is 0 Å². The summed E-state index contributed by atoms with van der Waals surface area (Å²) in [6, 6.07) is 9.54. The molecule has 1 aliphatic carbocycles. The van der Waals surface area contributed by atoms with E-state index in [1.807, 2.05) is 18.2 Å². The number of ether oxygens (including phenoxy) is 3. The molecular weight excluding hydrogens is 486 g/mol. The number of anilines is 3. The Hall–Kier alpha value is -3.02. The quantitative estimate of drug-likeness (QED) is 0.250. The van der Waals surface area contributed by atoms with Gasteiger partial charge < -0.3 is 35.1 Å². The van der Waals surface area contributed by atoms with Gasteiger partial charge in [-0.2, -0.15) is 15.0 Å². The summed E-state index contributed by atoms with van der Waals surface area (Å²) in [4.78, 5) is 28.2. The molecule has 2 aliphatic rings. The Balaban J connectivity index is 1.15. The zero-order chi connectivity index (χ0) is 26.3. The average Bonchev–Trinajstić information content (AvgIpc) is 3.23. The molecule has 1 saturated carbocycles. The summed E-state index contributed by atoms with van der Waals surface area (Å²) in [6.45, 7) is 5.79. The Labute approximate surface area is 225 Å². The number of benzene rings is 1. The number of amides is 1. The van der Waals surface area contributed by atoms with E-state index in [2.05, 4.69) is 30.8 Å². The van der Waals surface area contributed by atoms with Crippen LogP contribution in [0.4, 0.5) is 17.8 Å². The van der Waals surface area contributed by atoms with Crippen molar-refractivity contribution >= 4 is 23.8 Å². The second kappa shape index (κ2) is 16.1. The van der Waals surface area contributed by atoms with E-state index < -0.39 is 0 Å². The summed E-state index contributed by atoms with van der Waals surface area (Å²) in [5, 5.41) is 9.68. The van der Waals surface area contributed by atoms with Gasteiger partial charge in [-0.25, -0.2) is 0 Å². The van der Waals surface area contributed by atoms with Gasteiger partial charge in [-0.15, -0.1) is 0 Å². The Morgan fingerprint density at radius 3 is 2.29 bits per heavy atom. The zero-order valence-corrected chi connectivity index (χ0v) is 22.2. The van der Waals surface area contributed by atoms with Crippen LogP contribution in [-0.2, 0) is 14.2 Å². The Morgan fingerprint density at radius 2 is 1.55 bits per heavy atom. The van der Waals surface area contributed by atoms with Crippen LogP contribution >= 0.6 is 0 Å². The standard InChI is InChI=1S/C27H41N7O4/c35-24(22-8-4-3-5-9-22)28-12-16-36-20-21-37-17-13-29-25-31-26(30-23-10-6-1-2-7-11-23)33-27(32-25)34-14-18-38-19-15-34/h3-5,8-9,23H,1-2,6-7,10-21H2,(H,28,35)(H2,29,30,31,32,33). The smallest absolute Gasteiger partial charge is 0.251 e. The van der Waals surface area contributed by atoms with Crippen LogP contribution in [0.15, 0.2) is 30.3 Å². The fourth-order valence-electron chi connectivity index (χ4n) is 4.50. The van der Waals surface area contributed by atoms with Crippen LogP contribution in [0.3, 0.4) is 0 Å². The third-order valence-corrected chi connectivity index (χ3v) is 6.58. The minimum absolute atomic E-state index is 0.0979. The topological polar surface area (TPSA) is 123 Å². The molecule has 0 radical (unpaired) electrons. The summed E-state index contributed by atoms with van der Waals surface area (Å²) in [5.41, 5.74) is 0.644. The molecule has 208 valence electrons. The Morgan fingerprint density at radius 1 is 0.868 bits per heavy atom. The first-order valence-corrected chi connectivity index (χ1v) is 13.9. The summed E-state index contributed by atoms with van der Waals surface area (Å²) >= 11 is 0. The van der Waals surface area contributed by atoms with Crippen molar-refractivity contribution in [2.45, 2.75) is 44.6 Å². The van der Waals surface area contributed by atoms with E-state index in [0.717, 1.165) is 25.9 Å². The zero-order valence-electron chi connectivity index (χ0n) is 22.2. The fourth-order valence-corrected chi connectivity index (χ4v) is 4.50. The lowest BCUT2D eigenvalue weighted by Gasteiger charge is -2.27. The van der Waals surface area contributed by atoms with Gasteiger partial charge >= 0.3 is 0 Å². The Kier molecular flexibility index (Phi) is 11.8. The molecule has 2 fully saturated rings. The molecule has 1 aromatic carbocycles. The molecule has 11 nitrogen and oxygen atoms in total. The number of carbonyl (C=O) groups excluding carboxylic acids is 1. The first-order chi connectivity index (χ1) is 18.8. The molecule has 0 bridgehead atoms. The highest BCUT2D eigenvalue weighted by atomic mass is 16.5. The molecule has 0 unspecified atom stereocenters. The minimum Gasteiger partial charge on any atom is -0.378 e. The molecule has 38 heavy (non-hydrogen) atoms. The van der Waals surface area contributed by atoms with Gasteiger partial charge in [-0.3, -0.25) is 4.79 Å². The summed E-state index contributed by atoms with van der Waals surface area (Å²) < 4.78 is 16.7. The van der Waals surface area contributed by atoms with Crippen molar-refractivity contribution in [1.82, 2.24) is 20.3 Å². The molecule has 1 aromatic heterocycles. The molecule has 3 N–H and O–H groups in total. The lowest BCUT2D eigenvalue weighted by Crippen LogP contribution is -2.37. The average molecular weight is 528 g/mol. The molecule has 1 aliphatic heterocycles. The molecule has 11 heteroatoms. The molecule has 0 atom stereocenters. The van der Waals surface area contributed by atoms with Crippen molar-refractivity contribution in [3.8, 4) is 0 Å². The van der Waals surface area contributed by atoms with Crippen molar-refractivity contribution in [2.24, 2.45) is 0 Å². The molecule has 4 rings (SSSR count). The Bertz CT molecular complexity index is 952.